The van der Waals surface area contributed by atoms with Gasteiger partial charge in [0.15, 0.2) is 0 Å². The van der Waals surface area contributed by atoms with Crippen molar-refractivity contribution in [1.82, 2.24) is 10.2 Å². The van der Waals surface area contributed by atoms with E-state index in [-0.39, 0.29) is 0 Å². The van der Waals surface area contributed by atoms with Gasteiger partial charge in [0.1, 0.15) is 0 Å². The number of hydrogen-bond donors (Lipinski definition) is 1. The average molecular weight is 288 g/mol. The first-order valence-electron chi connectivity index (χ1n) is 8.67. The van der Waals surface area contributed by atoms with E-state index in [9.17, 15) is 0 Å². The molecule has 0 atom stereocenters. The Hall–Kier alpha value is -0.860. The van der Waals surface area contributed by atoms with Gasteiger partial charge >= 0.3 is 0 Å². The molecule has 1 aromatic carbocycles. The van der Waals surface area contributed by atoms with E-state index in [2.05, 4.69) is 54.5 Å². The smallest absolute Gasteiger partial charge is 0.00472 e. The Bertz CT molecular complexity index is 382. The van der Waals surface area contributed by atoms with Gasteiger partial charge in [-0.2, -0.15) is 0 Å². The van der Waals surface area contributed by atoms with Crippen LogP contribution in [0.1, 0.15) is 44.6 Å². The largest absolute Gasteiger partial charge is 0.316 e. The van der Waals surface area contributed by atoms with Gasteiger partial charge in [0.05, 0.1) is 0 Å². The standard InChI is InChI=1S/C19H32N2/c1-3-20-16-19(13-8-5-9-14-19)17-21(2)15-12-18-10-6-4-7-11-18/h4,6-7,10-11,20H,3,5,8-9,12-17H2,1-2H3. The van der Waals surface area contributed by atoms with Crippen molar-refractivity contribution in [3.8, 4) is 0 Å². The van der Waals surface area contributed by atoms with Crippen LogP contribution in [0.4, 0.5) is 0 Å². The van der Waals surface area contributed by atoms with E-state index in [4.69, 9.17) is 0 Å². The van der Waals surface area contributed by atoms with Gasteiger partial charge in [-0.3, -0.25) is 0 Å². The summed E-state index contributed by atoms with van der Waals surface area (Å²) in [7, 11) is 2.30. The van der Waals surface area contributed by atoms with Crippen LogP contribution in [-0.4, -0.2) is 38.1 Å². The Morgan fingerprint density at radius 2 is 1.81 bits per heavy atom. The van der Waals surface area contributed by atoms with Gasteiger partial charge in [-0.05, 0) is 43.8 Å². The Kier molecular flexibility index (Phi) is 6.72. The van der Waals surface area contributed by atoms with Crippen LogP contribution in [0.15, 0.2) is 30.3 Å². The molecule has 0 spiro atoms. The highest BCUT2D eigenvalue weighted by Crippen LogP contribution is 2.36. The molecule has 0 amide bonds. The minimum Gasteiger partial charge on any atom is -0.316 e. The van der Waals surface area contributed by atoms with Gasteiger partial charge in [0, 0.05) is 19.6 Å². The zero-order valence-electron chi connectivity index (χ0n) is 13.9. The van der Waals surface area contributed by atoms with Gasteiger partial charge in [-0.25, -0.2) is 0 Å². The number of nitrogens with zero attached hydrogens (tertiary/aromatic N) is 1. The first kappa shape index (κ1) is 16.5. The van der Waals surface area contributed by atoms with Crippen LogP contribution in [0.5, 0.6) is 0 Å². The highest BCUT2D eigenvalue weighted by Gasteiger charge is 2.32. The summed E-state index contributed by atoms with van der Waals surface area (Å²) in [4.78, 5) is 2.55. The van der Waals surface area contributed by atoms with Crippen molar-refractivity contribution in [2.45, 2.75) is 45.4 Å². The molecule has 0 unspecified atom stereocenters. The third-order valence-electron chi connectivity index (χ3n) is 4.89. The Balaban J connectivity index is 1.84. The zero-order valence-corrected chi connectivity index (χ0v) is 13.9. The van der Waals surface area contributed by atoms with Crippen LogP contribution >= 0.6 is 0 Å². The third-order valence-corrected chi connectivity index (χ3v) is 4.89. The van der Waals surface area contributed by atoms with E-state index in [0.29, 0.717) is 5.41 Å². The Morgan fingerprint density at radius 1 is 1.10 bits per heavy atom. The fraction of sp³-hybridized carbons (Fsp3) is 0.684. The van der Waals surface area contributed by atoms with Crippen molar-refractivity contribution in [3.05, 3.63) is 35.9 Å². The molecule has 0 aromatic heterocycles. The molecule has 118 valence electrons. The summed E-state index contributed by atoms with van der Waals surface area (Å²) in [5, 5.41) is 3.61. The summed E-state index contributed by atoms with van der Waals surface area (Å²) < 4.78 is 0. The van der Waals surface area contributed by atoms with Gasteiger partial charge in [-0.1, -0.05) is 56.5 Å². The monoisotopic (exact) mass is 288 g/mol. The number of hydrogen-bond acceptors (Lipinski definition) is 2. The molecule has 0 bridgehead atoms. The van der Waals surface area contributed by atoms with Crippen molar-refractivity contribution in [3.63, 3.8) is 0 Å². The molecule has 0 radical (unpaired) electrons. The molecular formula is C19H32N2. The molecule has 0 heterocycles. The number of nitrogens with one attached hydrogen (secondary N) is 1. The fourth-order valence-electron chi connectivity index (χ4n) is 3.70. The van der Waals surface area contributed by atoms with Crippen LogP contribution in [-0.2, 0) is 6.42 Å². The molecule has 0 aliphatic heterocycles. The van der Waals surface area contributed by atoms with Crippen molar-refractivity contribution in [1.29, 1.82) is 0 Å². The maximum atomic E-state index is 3.61. The van der Waals surface area contributed by atoms with E-state index in [1.165, 1.54) is 50.8 Å². The first-order chi connectivity index (χ1) is 10.2. The molecule has 1 aliphatic rings. The lowest BCUT2D eigenvalue weighted by molar-refractivity contribution is 0.119. The van der Waals surface area contributed by atoms with Gasteiger partial charge in [0.2, 0.25) is 0 Å². The van der Waals surface area contributed by atoms with E-state index in [0.717, 1.165) is 19.5 Å². The van der Waals surface area contributed by atoms with Gasteiger partial charge in [0.25, 0.3) is 0 Å². The summed E-state index contributed by atoms with van der Waals surface area (Å²) in [5.41, 5.74) is 1.97. The maximum absolute atomic E-state index is 3.61. The predicted molar refractivity (Wildman–Crippen MR) is 91.7 cm³/mol. The maximum Gasteiger partial charge on any atom is 0.00472 e. The van der Waals surface area contributed by atoms with E-state index in [1.54, 1.807) is 0 Å². The topological polar surface area (TPSA) is 15.3 Å². The molecule has 21 heavy (non-hydrogen) atoms. The Labute approximate surface area is 130 Å². The zero-order chi connectivity index (χ0) is 15.0. The molecule has 0 saturated heterocycles. The number of rotatable bonds is 8. The molecule has 1 aliphatic carbocycles. The SMILES string of the molecule is CCNCC1(CN(C)CCc2ccccc2)CCCCC1. The number of benzene rings is 1. The highest BCUT2D eigenvalue weighted by molar-refractivity contribution is 5.14. The fourth-order valence-corrected chi connectivity index (χ4v) is 3.70. The predicted octanol–water partition coefficient (Wildman–Crippen LogP) is 3.72. The highest BCUT2D eigenvalue weighted by atomic mass is 15.1. The number of likely N-dealkylation sites (N-methyl/N-ethyl adjacent to an activating group) is 1. The lowest BCUT2D eigenvalue weighted by Crippen LogP contribution is -2.44. The van der Waals surface area contributed by atoms with E-state index < -0.39 is 0 Å². The molecule has 2 rings (SSSR count). The van der Waals surface area contributed by atoms with Crippen LogP contribution < -0.4 is 5.32 Å². The second-order valence-electron chi connectivity index (χ2n) is 6.81. The van der Waals surface area contributed by atoms with Crippen molar-refractivity contribution < 1.29 is 0 Å². The third kappa shape index (κ3) is 5.44. The molecule has 2 heteroatoms. The molecular weight excluding hydrogens is 256 g/mol. The average Bonchev–Trinajstić information content (AvgIpc) is 2.53. The molecule has 1 saturated carbocycles. The first-order valence-corrected chi connectivity index (χ1v) is 8.67. The summed E-state index contributed by atoms with van der Waals surface area (Å²) in [5.74, 6) is 0. The van der Waals surface area contributed by atoms with Crippen LogP contribution in [0.3, 0.4) is 0 Å². The minimum atomic E-state index is 0.514. The molecule has 2 nitrogen and oxygen atoms in total. The van der Waals surface area contributed by atoms with Gasteiger partial charge < -0.3 is 10.2 Å². The summed E-state index contributed by atoms with van der Waals surface area (Å²) in [6, 6.07) is 10.9. The summed E-state index contributed by atoms with van der Waals surface area (Å²) in [6.45, 7) is 6.91. The lowest BCUT2D eigenvalue weighted by Gasteiger charge is -2.40. The normalized spacial score (nSPS) is 18.0. The van der Waals surface area contributed by atoms with Gasteiger partial charge in [-0.15, -0.1) is 0 Å². The molecule has 1 fully saturated rings. The Morgan fingerprint density at radius 3 is 2.48 bits per heavy atom. The van der Waals surface area contributed by atoms with Crippen molar-refractivity contribution >= 4 is 0 Å². The second kappa shape index (κ2) is 8.55. The lowest BCUT2D eigenvalue weighted by atomic mass is 9.73. The van der Waals surface area contributed by atoms with Crippen molar-refractivity contribution in [2.24, 2.45) is 5.41 Å². The molecule has 1 N–H and O–H groups in total. The summed E-state index contributed by atoms with van der Waals surface area (Å²) >= 11 is 0. The van der Waals surface area contributed by atoms with E-state index >= 15 is 0 Å². The van der Waals surface area contributed by atoms with E-state index in [1.807, 2.05) is 0 Å². The quantitative estimate of drug-likeness (QED) is 0.784. The van der Waals surface area contributed by atoms with Crippen LogP contribution in [0.25, 0.3) is 0 Å². The van der Waals surface area contributed by atoms with Crippen LogP contribution in [0.2, 0.25) is 0 Å². The molecule has 1 aromatic rings. The van der Waals surface area contributed by atoms with Crippen LogP contribution in [0, 0.1) is 5.41 Å². The minimum absolute atomic E-state index is 0.514. The van der Waals surface area contributed by atoms with Crippen molar-refractivity contribution in [2.75, 3.05) is 33.2 Å². The summed E-state index contributed by atoms with van der Waals surface area (Å²) in [6.07, 6.45) is 8.22. The second-order valence-corrected chi connectivity index (χ2v) is 6.81.